The molecule has 2 aromatic heterocycles. The zero-order chi connectivity index (χ0) is 19.1. The fourth-order valence-corrected chi connectivity index (χ4v) is 5.10. The van der Waals surface area contributed by atoms with Gasteiger partial charge < -0.3 is 9.64 Å². The molecule has 1 fully saturated rings. The average molecular weight is 389 g/mol. The Bertz CT molecular complexity index is 977. The Balaban J connectivity index is 1.53. The van der Waals surface area contributed by atoms with Gasteiger partial charge in [-0.2, -0.15) is 0 Å². The SMILES string of the molecule is Cc1c(C(=O)OCC(=O)N2CCCC[C@H]2C)sc2nc3n(c(=O)c12)CCC3. The summed E-state index contributed by atoms with van der Waals surface area (Å²) in [5.41, 5.74) is 0.511. The maximum Gasteiger partial charge on any atom is 0.349 e. The number of thiophene rings is 1. The van der Waals surface area contributed by atoms with E-state index in [2.05, 4.69) is 4.98 Å². The zero-order valence-corrected chi connectivity index (χ0v) is 16.4. The van der Waals surface area contributed by atoms with Crippen molar-refractivity contribution in [3.05, 3.63) is 26.6 Å². The minimum absolute atomic E-state index is 0.0847. The number of likely N-dealkylation sites (tertiary alicyclic amines) is 1. The van der Waals surface area contributed by atoms with Gasteiger partial charge in [-0.15, -0.1) is 11.3 Å². The van der Waals surface area contributed by atoms with Crippen molar-refractivity contribution >= 4 is 33.4 Å². The van der Waals surface area contributed by atoms with Gasteiger partial charge >= 0.3 is 5.97 Å². The molecule has 144 valence electrons. The van der Waals surface area contributed by atoms with Gasteiger partial charge in [0.2, 0.25) is 0 Å². The Morgan fingerprint density at radius 2 is 2.07 bits per heavy atom. The number of rotatable bonds is 3. The fourth-order valence-electron chi connectivity index (χ4n) is 4.01. The van der Waals surface area contributed by atoms with Gasteiger partial charge in [-0.1, -0.05) is 0 Å². The van der Waals surface area contributed by atoms with Crippen molar-refractivity contribution in [3.8, 4) is 0 Å². The quantitative estimate of drug-likeness (QED) is 0.752. The first-order valence-electron chi connectivity index (χ1n) is 9.46. The second-order valence-electron chi connectivity index (χ2n) is 7.33. The molecule has 0 N–H and O–H groups in total. The van der Waals surface area contributed by atoms with E-state index >= 15 is 0 Å². The molecule has 0 radical (unpaired) electrons. The highest BCUT2D eigenvalue weighted by molar-refractivity contribution is 7.20. The first-order chi connectivity index (χ1) is 13.0. The summed E-state index contributed by atoms with van der Waals surface area (Å²) in [6, 6.07) is 0.183. The minimum atomic E-state index is -0.557. The Morgan fingerprint density at radius 3 is 2.85 bits per heavy atom. The number of aryl methyl sites for hydroxylation is 2. The lowest BCUT2D eigenvalue weighted by atomic mass is 10.0. The van der Waals surface area contributed by atoms with Crippen molar-refractivity contribution in [3.63, 3.8) is 0 Å². The molecule has 2 aliphatic rings. The Hall–Kier alpha value is -2.22. The van der Waals surface area contributed by atoms with Crippen molar-refractivity contribution in [2.24, 2.45) is 0 Å². The molecule has 1 atom stereocenters. The lowest BCUT2D eigenvalue weighted by Crippen LogP contribution is -2.44. The molecule has 2 aliphatic heterocycles. The van der Waals surface area contributed by atoms with E-state index in [4.69, 9.17) is 4.74 Å². The highest BCUT2D eigenvalue weighted by Gasteiger charge is 2.27. The van der Waals surface area contributed by atoms with E-state index in [0.717, 1.165) is 37.9 Å². The summed E-state index contributed by atoms with van der Waals surface area (Å²) in [5, 5.41) is 0.494. The molecule has 0 unspecified atom stereocenters. The molecule has 0 bridgehead atoms. The smallest absolute Gasteiger partial charge is 0.349 e. The summed E-state index contributed by atoms with van der Waals surface area (Å²) >= 11 is 1.18. The molecule has 4 rings (SSSR count). The number of esters is 1. The van der Waals surface area contributed by atoms with Crippen LogP contribution in [0, 0.1) is 6.92 Å². The maximum atomic E-state index is 12.7. The molecule has 4 heterocycles. The van der Waals surface area contributed by atoms with Gasteiger partial charge in [-0.3, -0.25) is 14.2 Å². The van der Waals surface area contributed by atoms with Crippen molar-refractivity contribution in [1.82, 2.24) is 14.5 Å². The van der Waals surface area contributed by atoms with Crippen LogP contribution in [0.2, 0.25) is 0 Å². The highest BCUT2D eigenvalue weighted by Crippen LogP contribution is 2.29. The second kappa shape index (κ2) is 7.07. The number of hydrogen-bond acceptors (Lipinski definition) is 6. The number of ether oxygens (including phenoxy) is 1. The third kappa shape index (κ3) is 3.16. The summed E-state index contributed by atoms with van der Waals surface area (Å²) in [5.74, 6) is 0.0625. The van der Waals surface area contributed by atoms with Crippen LogP contribution in [0.1, 0.15) is 53.7 Å². The molecule has 27 heavy (non-hydrogen) atoms. The fraction of sp³-hybridized carbons (Fsp3) is 0.579. The highest BCUT2D eigenvalue weighted by atomic mass is 32.1. The van der Waals surface area contributed by atoms with Crippen LogP contribution < -0.4 is 5.56 Å². The maximum absolute atomic E-state index is 12.7. The van der Waals surface area contributed by atoms with Gasteiger partial charge in [0.05, 0.1) is 5.39 Å². The molecule has 1 amide bonds. The topological polar surface area (TPSA) is 81.5 Å². The minimum Gasteiger partial charge on any atom is -0.451 e. The summed E-state index contributed by atoms with van der Waals surface area (Å²) in [7, 11) is 0. The van der Waals surface area contributed by atoms with Gasteiger partial charge in [0.25, 0.3) is 11.5 Å². The molecule has 0 saturated carbocycles. The number of carbonyl (C=O) groups is 2. The lowest BCUT2D eigenvalue weighted by molar-refractivity contribution is -0.137. The van der Waals surface area contributed by atoms with Crippen LogP contribution in [0.3, 0.4) is 0 Å². The third-order valence-corrected chi connectivity index (χ3v) is 6.71. The Kier molecular flexibility index (Phi) is 4.75. The van der Waals surface area contributed by atoms with Gasteiger partial charge in [0.1, 0.15) is 15.5 Å². The van der Waals surface area contributed by atoms with Crippen LogP contribution in [0.5, 0.6) is 0 Å². The first kappa shape index (κ1) is 18.2. The second-order valence-corrected chi connectivity index (χ2v) is 8.33. The molecule has 0 spiro atoms. The summed E-state index contributed by atoms with van der Waals surface area (Å²) in [6.07, 6.45) is 4.79. The van der Waals surface area contributed by atoms with Gasteiger partial charge in [0, 0.05) is 25.6 Å². The summed E-state index contributed by atoms with van der Waals surface area (Å²) in [6.45, 7) is 4.89. The molecule has 1 saturated heterocycles. The normalized spacial score (nSPS) is 19.3. The Morgan fingerprint density at radius 1 is 1.26 bits per heavy atom. The molecule has 0 aliphatic carbocycles. The van der Waals surface area contributed by atoms with E-state index in [1.54, 1.807) is 16.4 Å². The van der Waals surface area contributed by atoms with E-state index in [9.17, 15) is 14.4 Å². The number of amides is 1. The number of aromatic nitrogens is 2. The predicted octanol–water partition coefficient (Wildman–Crippen LogP) is 2.27. The van der Waals surface area contributed by atoms with Crippen molar-refractivity contribution < 1.29 is 14.3 Å². The molecule has 8 heteroatoms. The lowest BCUT2D eigenvalue weighted by Gasteiger charge is -2.33. The molecular weight excluding hydrogens is 366 g/mol. The molecule has 7 nitrogen and oxygen atoms in total. The van der Waals surface area contributed by atoms with Crippen LogP contribution in [0.4, 0.5) is 0 Å². The number of piperidine rings is 1. The predicted molar refractivity (Wildman–Crippen MR) is 102 cm³/mol. The Labute approximate surface area is 160 Å². The van der Waals surface area contributed by atoms with Crippen molar-refractivity contribution in [2.75, 3.05) is 13.2 Å². The monoisotopic (exact) mass is 389 g/mol. The van der Waals surface area contributed by atoms with Gasteiger partial charge in [-0.25, -0.2) is 9.78 Å². The molecule has 2 aromatic rings. The number of nitrogens with zero attached hydrogens (tertiary/aromatic N) is 3. The van der Waals surface area contributed by atoms with Crippen molar-refractivity contribution in [2.45, 2.75) is 58.5 Å². The third-order valence-electron chi connectivity index (χ3n) is 5.55. The zero-order valence-electron chi connectivity index (χ0n) is 15.6. The van der Waals surface area contributed by atoms with Crippen LogP contribution in [0.15, 0.2) is 4.79 Å². The molecular formula is C19H23N3O4S. The van der Waals surface area contributed by atoms with Crippen LogP contribution in [-0.4, -0.2) is 45.5 Å². The first-order valence-corrected chi connectivity index (χ1v) is 10.3. The molecule has 0 aromatic carbocycles. The standard InChI is InChI=1S/C19H23N3O4S/c1-11-6-3-4-8-21(11)14(23)10-26-19(25)16-12(2)15-17(27-16)20-13-7-5-9-22(13)18(15)24/h11H,3-10H2,1-2H3/t11-/m1/s1. The number of carbonyl (C=O) groups excluding carboxylic acids is 2. The van der Waals surface area contributed by atoms with E-state index in [0.29, 0.717) is 33.7 Å². The summed E-state index contributed by atoms with van der Waals surface area (Å²) in [4.78, 5) is 44.9. The van der Waals surface area contributed by atoms with E-state index in [1.165, 1.54) is 11.3 Å². The van der Waals surface area contributed by atoms with E-state index in [1.807, 2.05) is 6.92 Å². The largest absolute Gasteiger partial charge is 0.451 e. The van der Waals surface area contributed by atoms with Crippen LogP contribution in [0.25, 0.3) is 10.2 Å². The van der Waals surface area contributed by atoms with E-state index < -0.39 is 5.97 Å². The van der Waals surface area contributed by atoms with Gasteiger partial charge in [0.15, 0.2) is 6.61 Å². The number of hydrogen-bond donors (Lipinski definition) is 0. The van der Waals surface area contributed by atoms with E-state index in [-0.39, 0.29) is 24.1 Å². The average Bonchev–Trinajstić information content (AvgIpc) is 3.25. The van der Waals surface area contributed by atoms with Crippen LogP contribution in [-0.2, 0) is 22.5 Å². The summed E-state index contributed by atoms with van der Waals surface area (Å²) < 4.78 is 6.98. The number of fused-ring (bicyclic) bond motifs is 2. The van der Waals surface area contributed by atoms with Gasteiger partial charge in [-0.05, 0) is 45.1 Å². The van der Waals surface area contributed by atoms with Crippen LogP contribution >= 0.6 is 11.3 Å². The van der Waals surface area contributed by atoms with Crippen molar-refractivity contribution in [1.29, 1.82) is 0 Å².